The Labute approximate surface area is 211 Å². The van der Waals surface area contributed by atoms with Crippen LogP contribution in [-0.2, 0) is 9.59 Å². The van der Waals surface area contributed by atoms with E-state index in [1.807, 2.05) is 18.2 Å². The number of ketones is 2. The minimum atomic E-state index is -2.87. The number of phenolic OH excluding ortho intramolecular Hbond substituents is 1. The standard InChI is InChI=1S/C28H23NO8/c1-12-18-14(8-7-13-5-3-2-4-6-13)9-10-16(30)20(18)24(33)22-19(12)23(32)15-11-17(31)21(27(29)36)25(34)28(15,37)26(22)35/h2-6,9-10,12,15,19,23,30-32,35,37H,11H2,1H3,(H2,29,36)/t12-,15+,19+,23+,28+/m0/s1. The summed E-state index contributed by atoms with van der Waals surface area (Å²) in [7, 11) is 0. The lowest BCUT2D eigenvalue weighted by molar-refractivity contribution is -0.154. The van der Waals surface area contributed by atoms with Crippen LogP contribution in [0, 0.1) is 23.7 Å². The molecule has 0 bridgehead atoms. The van der Waals surface area contributed by atoms with Crippen LogP contribution in [0.3, 0.4) is 0 Å². The van der Waals surface area contributed by atoms with Gasteiger partial charge >= 0.3 is 0 Å². The van der Waals surface area contributed by atoms with Crippen LogP contribution in [-0.4, -0.2) is 54.7 Å². The molecule has 7 N–H and O–H groups in total. The fraction of sp³-hybridized carbons (Fsp3) is 0.250. The molecule has 0 aliphatic heterocycles. The highest BCUT2D eigenvalue weighted by molar-refractivity contribution is 6.24. The summed E-state index contributed by atoms with van der Waals surface area (Å²) in [5.74, 6) is -3.06. The summed E-state index contributed by atoms with van der Waals surface area (Å²) >= 11 is 0. The number of primary amides is 1. The van der Waals surface area contributed by atoms with Crippen molar-refractivity contribution < 1.29 is 39.9 Å². The number of hydrogen-bond donors (Lipinski definition) is 6. The van der Waals surface area contributed by atoms with Gasteiger partial charge in [-0.05, 0) is 35.7 Å². The van der Waals surface area contributed by atoms with E-state index in [-0.39, 0.29) is 5.56 Å². The predicted octanol–water partition coefficient (Wildman–Crippen LogP) is 1.51. The first-order valence-electron chi connectivity index (χ1n) is 11.6. The molecule has 9 nitrogen and oxygen atoms in total. The molecule has 1 amide bonds. The van der Waals surface area contributed by atoms with Gasteiger partial charge in [0, 0.05) is 35.0 Å². The number of nitrogens with two attached hydrogens (primary N) is 1. The zero-order chi connectivity index (χ0) is 26.8. The van der Waals surface area contributed by atoms with Crippen molar-refractivity contribution in [2.45, 2.75) is 31.0 Å². The van der Waals surface area contributed by atoms with Gasteiger partial charge in [0.05, 0.1) is 11.7 Å². The number of aromatic hydroxyl groups is 1. The lowest BCUT2D eigenvalue weighted by atomic mass is 9.56. The van der Waals surface area contributed by atoms with E-state index in [2.05, 4.69) is 11.8 Å². The first-order valence-corrected chi connectivity index (χ1v) is 11.6. The van der Waals surface area contributed by atoms with Gasteiger partial charge in [0.15, 0.2) is 11.4 Å². The van der Waals surface area contributed by atoms with E-state index in [9.17, 15) is 39.9 Å². The van der Waals surface area contributed by atoms with Crippen LogP contribution in [0.4, 0.5) is 0 Å². The fourth-order valence-corrected chi connectivity index (χ4v) is 5.85. The highest BCUT2D eigenvalue weighted by Gasteiger charge is 2.64. The molecular formula is C28H23NO8. The predicted molar refractivity (Wildman–Crippen MR) is 129 cm³/mol. The molecule has 0 saturated carbocycles. The maximum atomic E-state index is 13.7. The lowest BCUT2D eigenvalue weighted by Crippen LogP contribution is -2.62. The van der Waals surface area contributed by atoms with E-state index in [0.717, 1.165) is 0 Å². The summed E-state index contributed by atoms with van der Waals surface area (Å²) in [4.78, 5) is 38.6. The maximum absolute atomic E-state index is 13.7. The molecule has 2 aromatic rings. The van der Waals surface area contributed by atoms with Crippen molar-refractivity contribution in [1.29, 1.82) is 0 Å². The molecule has 9 heteroatoms. The van der Waals surface area contributed by atoms with E-state index >= 15 is 0 Å². The Morgan fingerprint density at radius 2 is 1.73 bits per heavy atom. The number of benzene rings is 2. The second-order valence-corrected chi connectivity index (χ2v) is 9.53. The van der Waals surface area contributed by atoms with Crippen molar-refractivity contribution in [2.75, 3.05) is 0 Å². The summed E-state index contributed by atoms with van der Waals surface area (Å²) in [5, 5.41) is 54.8. The first-order chi connectivity index (χ1) is 17.5. The summed E-state index contributed by atoms with van der Waals surface area (Å²) in [6.07, 6.45) is -2.13. The number of fused-ring (bicyclic) bond motifs is 3. The summed E-state index contributed by atoms with van der Waals surface area (Å²) in [6, 6.07) is 11.9. The van der Waals surface area contributed by atoms with Gasteiger partial charge in [-0.25, -0.2) is 0 Å². The SMILES string of the molecule is C[C@H]1c2c(C#Cc3ccccc3)ccc(O)c2C(=O)C2=C(O)[C@]3(O)C(=O)C(C(N)=O)=C(O)C[C@@H]3[C@@H](O)[C@@H]21. The van der Waals surface area contributed by atoms with Gasteiger partial charge in [-0.3, -0.25) is 14.4 Å². The average molecular weight is 501 g/mol. The molecular weight excluding hydrogens is 478 g/mol. The van der Waals surface area contributed by atoms with Crippen LogP contribution in [0.1, 0.15) is 46.3 Å². The molecule has 5 atom stereocenters. The number of aliphatic hydroxyl groups is 4. The van der Waals surface area contributed by atoms with Crippen molar-refractivity contribution in [3.8, 4) is 17.6 Å². The molecule has 3 aliphatic carbocycles. The smallest absolute Gasteiger partial charge is 0.255 e. The zero-order valence-corrected chi connectivity index (χ0v) is 19.6. The molecule has 0 saturated heterocycles. The van der Waals surface area contributed by atoms with E-state index in [0.29, 0.717) is 16.7 Å². The number of aliphatic hydroxyl groups excluding tert-OH is 3. The first kappa shape index (κ1) is 24.3. The zero-order valence-electron chi connectivity index (χ0n) is 19.6. The van der Waals surface area contributed by atoms with Crippen LogP contribution in [0.2, 0.25) is 0 Å². The molecule has 0 radical (unpaired) electrons. The molecule has 0 fully saturated rings. The Balaban J connectivity index is 1.72. The van der Waals surface area contributed by atoms with Crippen molar-refractivity contribution in [3.63, 3.8) is 0 Å². The fourth-order valence-electron chi connectivity index (χ4n) is 5.85. The Morgan fingerprint density at radius 1 is 1.05 bits per heavy atom. The third-order valence-corrected chi connectivity index (χ3v) is 7.59. The Hall–Kier alpha value is -4.39. The third kappa shape index (κ3) is 3.30. The Kier molecular flexibility index (Phi) is 5.48. The lowest BCUT2D eigenvalue weighted by Gasteiger charge is -2.50. The van der Waals surface area contributed by atoms with E-state index < -0.39 is 81.8 Å². The highest BCUT2D eigenvalue weighted by atomic mass is 16.4. The van der Waals surface area contributed by atoms with E-state index in [4.69, 9.17) is 5.73 Å². The van der Waals surface area contributed by atoms with Crippen LogP contribution in [0.25, 0.3) is 0 Å². The van der Waals surface area contributed by atoms with Crippen LogP contribution in [0.15, 0.2) is 65.1 Å². The van der Waals surface area contributed by atoms with Gasteiger partial charge in [-0.1, -0.05) is 37.0 Å². The minimum absolute atomic E-state index is 0.170. The maximum Gasteiger partial charge on any atom is 0.255 e. The third-order valence-electron chi connectivity index (χ3n) is 7.59. The molecule has 5 rings (SSSR count). The molecule has 0 unspecified atom stereocenters. The average Bonchev–Trinajstić information content (AvgIpc) is 2.86. The van der Waals surface area contributed by atoms with Gasteiger partial charge in [0.25, 0.3) is 5.91 Å². The van der Waals surface area contributed by atoms with E-state index in [1.165, 1.54) is 6.07 Å². The second-order valence-electron chi connectivity index (χ2n) is 9.53. The topological polar surface area (TPSA) is 178 Å². The number of carbonyl (C=O) groups excluding carboxylic acids is 3. The monoisotopic (exact) mass is 501 g/mol. The Morgan fingerprint density at radius 3 is 2.38 bits per heavy atom. The van der Waals surface area contributed by atoms with Crippen LogP contribution >= 0.6 is 0 Å². The van der Waals surface area contributed by atoms with E-state index in [1.54, 1.807) is 25.1 Å². The molecule has 0 heterocycles. The molecule has 37 heavy (non-hydrogen) atoms. The summed E-state index contributed by atoms with van der Waals surface area (Å²) < 4.78 is 0. The van der Waals surface area contributed by atoms with Gasteiger partial charge in [-0.2, -0.15) is 0 Å². The summed E-state index contributed by atoms with van der Waals surface area (Å²) in [5.41, 5.74) is 2.29. The highest BCUT2D eigenvalue weighted by Crippen LogP contribution is 2.55. The number of phenols is 1. The number of amides is 1. The number of allylic oxidation sites excluding steroid dienone is 1. The molecule has 0 spiro atoms. The molecule has 188 valence electrons. The van der Waals surface area contributed by atoms with Gasteiger partial charge in [0.1, 0.15) is 22.8 Å². The Bertz CT molecular complexity index is 1510. The minimum Gasteiger partial charge on any atom is -0.511 e. The normalized spacial score (nSPS) is 28.6. The number of Topliss-reactive ketones (excluding diaryl/α,β-unsaturated/α-hetero) is 2. The number of rotatable bonds is 1. The van der Waals surface area contributed by atoms with Gasteiger partial charge in [0.2, 0.25) is 5.78 Å². The van der Waals surface area contributed by atoms with Crippen LogP contribution in [0.5, 0.6) is 5.75 Å². The number of carbonyl (C=O) groups is 3. The van der Waals surface area contributed by atoms with Crippen molar-refractivity contribution in [1.82, 2.24) is 0 Å². The largest absolute Gasteiger partial charge is 0.511 e. The molecule has 3 aliphatic rings. The quantitative estimate of drug-likeness (QED) is 0.251. The molecule has 2 aromatic carbocycles. The molecule has 0 aromatic heterocycles. The number of hydrogen-bond acceptors (Lipinski definition) is 8. The van der Waals surface area contributed by atoms with Gasteiger partial charge < -0.3 is 31.3 Å². The van der Waals surface area contributed by atoms with Gasteiger partial charge in [-0.15, -0.1) is 0 Å². The van der Waals surface area contributed by atoms with Crippen molar-refractivity contribution >= 4 is 17.5 Å². The second kappa shape index (κ2) is 8.34. The van der Waals surface area contributed by atoms with Crippen molar-refractivity contribution in [2.24, 2.45) is 17.6 Å². The summed E-state index contributed by atoms with van der Waals surface area (Å²) in [6.45, 7) is 1.67. The van der Waals surface area contributed by atoms with Crippen LogP contribution < -0.4 is 5.73 Å². The van der Waals surface area contributed by atoms with Crippen molar-refractivity contribution in [3.05, 3.63) is 87.4 Å².